The summed E-state index contributed by atoms with van der Waals surface area (Å²) in [7, 11) is 0. The fourth-order valence-corrected chi connectivity index (χ4v) is 3.16. The van der Waals surface area contributed by atoms with Crippen molar-refractivity contribution in [1.82, 2.24) is 4.98 Å². The van der Waals surface area contributed by atoms with Crippen LogP contribution in [0.1, 0.15) is 11.0 Å². The SMILES string of the molecule is NC1=NCC(c2ncc(Cl)s2)N1c1ccc(Cl)cc1. The van der Waals surface area contributed by atoms with E-state index in [2.05, 4.69) is 9.98 Å². The predicted octanol–water partition coefficient (Wildman–Crippen LogP) is 3.33. The number of aliphatic imine (C=N–C) groups is 1. The highest BCUT2D eigenvalue weighted by molar-refractivity contribution is 7.15. The Hall–Kier alpha value is -1.30. The molecule has 2 heterocycles. The maximum atomic E-state index is 5.97. The van der Waals surface area contributed by atoms with E-state index in [1.807, 2.05) is 29.2 Å². The number of hydrogen-bond donors (Lipinski definition) is 1. The third-order valence-electron chi connectivity index (χ3n) is 2.87. The molecule has 0 bridgehead atoms. The monoisotopic (exact) mass is 312 g/mol. The molecule has 2 aromatic rings. The van der Waals surface area contributed by atoms with Gasteiger partial charge in [-0.25, -0.2) is 4.98 Å². The van der Waals surface area contributed by atoms with Crippen LogP contribution >= 0.6 is 34.5 Å². The summed E-state index contributed by atoms with van der Waals surface area (Å²) in [4.78, 5) is 10.6. The second kappa shape index (κ2) is 5.00. The van der Waals surface area contributed by atoms with Crippen LogP contribution in [0.25, 0.3) is 0 Å². The van der Waals surface area contributed by atoms with Crippen molar-refractivity contribution >= 4 is 46.2 Å². The van der Waals surface area contributed by atoms with Crippen LogP contribution in [0.2, 0.25) is 9.36 Å². The van der Waals surface area contributed by atoms with Crippen molar-refractivity contribution < 1.29 is 0 Å². The maximum absolute atomic E-state index is 5.97. The molecule has 2 N–H and O–H groups in total. The number of nitrogens with zero attached hydrogens (tertiary/aromatic N) is 3. The van der Waals surface area contributed by atoms with Gasteiger partial charge in [0.1, 0.15) is 15.4 Å². The average Bonchev–Trinajstić information content (AvgIpc) is 2.97. The van der Waals surface area contributed by atoms with Gasteiger partial charge in [-0.3, -0.25) is 4.99 Å². The molecule has 7 heteroatoms. The Bertz CT molecular complexity index is 623. The van der Waals surface area contributed by atoms with Gasteiger partial charge in [0.2, 0.25) is 0 Å². The number of rotatable bonds is 2. The lowest BCUT2D eigenvalue weighted by Crippen LogP contribution is -2.36. The van der Waals surface area contributed by atoms with Crippen LogP contribution in [-0.4, -0.2) is 17.5 Å². The Morgan fingerprint density at radius 1 is 1.26 bits per heavy atom. The van der Waals surface area contributed by atoms with Crippen molar-refractivity contribution in [2.45, 2.75) is 6.04 Å². The molecule has 1 aliphatic heterocycles. The standard InChI is InChI=1S/C12H10Cl2N4S/c13-7-1-3-8(4-2-7)18-9(5-17-12(18)15)11-16-6-10(14)19-11/h1-4,6,9H,5H2,(H2,15,17). The number of halogens is 2. The van der Waals surface area contributed by atoms with Crippen molar-refractivity contribution in [2.24, 2.45) is 10.7 Å². The third kappa shape index (κ3) is 2.41. The zero-order valence-electron chi connectivity index (χ0n) is 9.75. The molecule has 1 aromatic carbocycles. The normalized spacial score (nSPS) is 18.7. The first-order valence-electron chi connectivity index (χ1n) is 5.61. The molecular weight excluding hydrogens is 303 g/mol. The van der Waals surface area contributed by atoms with Gasteiger partial charge in [-0.1, -0.05) is 23.2 Å². The van der Waals surface area contributed by atoms with Gasteiger partial charge in [0.25, 0.3) is 0 Å². The lowest BCUT2D eigenvalue weighted by molar-refractivity contribution is 0.760. The first-order valence-corrected chi connectivity index (χ1v) is 7.18. The smallest absolute Gasteiger partial charge is 0.196 e. The summed E-state index contributed by atoms with van der Waals surface area (Å²) >= 11 is 13.3. The van der Waals surface area contributed by atoms with Gasteiger partial charge >= 0.3 is 0 Å². The minimum absolute atomic E-state index is 0.00123. The highest BCUT2D eigenvalue weighted by atomic mass is 35.5. The quantitative estimate of drug-likeness (QED) is 0.925. The molecule has 0 spiro atoms. The number of guanidine groups is 1. The van der Waals surface area contributed by atoms with Gasteiger partial charge in [0.15, 0.2) is 5.96 Å². The molecule has 0 fully saturated rings. The van der Waals surface area contributed by atoms with Crippen molar-refractivity contribution in [3.8, 4) is 0 Å². The molecule has 0 amide bonds. The summed E-state index contributed by atoms with van der Waals surface area (Å²) in [6.07, 6.45) is 1.65. The second-order valence-corrected chi connectivity index (χ2v) is 6.19. The van der Waals surface area contributed by atoms with Crippen molar-refractivity contribution in [3.05, 3.63) is 44.8 Å². The minimum Gasteiger partial charge on any atom is -0.369 e. The van der Waals surface area contributed by atoms with Gasteiger partial charge in [-0.2, -0.15) is 0 Å². The molecule has 0 saturated carbocycles. The zero-order valence-corrected chi connectivity index (χ0v) is 12.1. The number of aromatic nitrogens is 1. The van der Waals surface area contributed by atoms with Crippen molar-refractivity contribution in [3.63, 3.8) is 0 Å². The number of nitrogens with two attached hydrogens (primary N) is 1. The Labute approximate surface area is 124 Å². The van der Waals surface area contributed by atoms with Crippen molar-refractivity contribution in [1.29, 1.82) is 0 Å². The summed E-state index contributed by atoms with van der Waals surface area (Å²) < 4.78 is 0.663. The third-order valence-corrected chi connectivity index (χ3v) is 4.34. The Morgan fingerprint density at radius 3 is 2.63 bits per heavy atom. The van der Waals surface area contributed by atoms with Crippen LogP contribution in [0.4, 0.5) is 5.69 Å². The maximum Gasteiger partial charge on any atom is 0.196 e. The minimum atomic E-state index is -0.00123. The van der Waals surface area contributed by atoms with E-state index in [-0.39, 0.29) is 6.04 Å². The van der Waals surface area contributed by atoms with Crippen LogP contribution in [0, 0.1) is 0 Å². The molecule has 1 atom stereocenters. The largest absolute Gasteiger partial charge is 0.369 e. The van der Waals surface area contributed by atoms with Gasteiger partial charge < -0.3 is 10.6 Å². The van der Waals surface area contributed by atoms with Gasteiger partial charge in [-0.15, -0.1) is 11.3 Å². The van der Waals surface area contributed by atoms with E-state index in [0.717, 1.165) is 10.7 Å². The molecule has 0 saturated heterocycles. The van der Waals surface area contributed by atoms with E-state index >= 15 is 0 Å². The molecule has 0 aliphatic carbocycles. The summed E-state index contributed by atoms with van der Waals surface area (Å²) in [5, 5.41) is 1.59. The number of benzene rings is 1. The Balaban J connectivity index is 1.96. The topological polar surface area (TPSA) is 54.5 Å². The lowest BCUT2D eigenvalue weighted by atomic mass is 10.2. The highest BCUT2D eigenvalue weighted by Crippen LogP contribution is 2.34. The predicted molar refractivity (Wildman–Crippen MR) is 80.3 cm³/mol. The van der Waals surface area contributed by atoms with Crippen LogP contribution in [0.5, 0.6) is 0 Å². The number of anilines is 1. The van der Waals surface area contributed by atoms with E-state index < -0.39 is 0 Å². The summed E-state index contributed by atoms with van der Waals surface area (Å²) in [5.74, 6) is 0.485. The summed E-state index contributed by atoms with van der Waals surface area (Å²) in [6, 6.07) is 7.48. The average molecular weight is 313 g/mol. The van der Waals surface area contributed by atoms with E-state index in [0.29, 0.717) is 21.9 Å². The number of thiazole rings is 1. The molecule has 1 aromatic heterocycles. The second-order valence-electron chi connectivity index (χ2n) is 4.06. The lowest BCUT2D eigenvalue weighted by Gasteiger charge is -2.24. The molecule has 19 heavy (non-hydrogen) atoms. The molecular formula is C12H10Cl2N4S. The van der Waals surface area contributed by atoms with Crippen LogP contribution in [0.15, 0.2) is 35.5 Å². The molecule has 1 aliphatic rings. The van der Waals surface area contributed by atoms with Crippen molar-refractivity contribution in [2.75, 3.05) is 11.4 Å². The van der Waals surface area contributed by atoms with Crippen LogP contribution in [0.3, 0.4) is 0 Å². The molecule has 0 radical (unpaired) electrons. The fourth-order valence-electron chi connectivity index (χ4n) is 2.02. The first-order chi connectivity index (χ1) is 9.15. The van der Waals surface area contributed by atoms with Gasteiger partial charge in [0, 0.05) is 10.7 Å². The Kier molecular flexibility index (Phi) is 3.35. The summed E-state index contributed by atoms with van der Waals surface area (Å²) in [6.45, 7) is 0.582. The molecule has 1 unspecified atom stereocenters. The van der Waals surface area contributed by atoms with E-state index in [1.165, 1.54) is 11.3 Å². The molecule has 3 rings (SSSR count). The Morgan fingerprint density at radius 2 is 2.00 bits per heavy atom. The van der Waals surface area contributed by atoms with Crippen LogP contribution < -0.4 is 10.6 Å². The fraction of sp³-hybridized carbons (Fsp3) is 0.167. The highest BCUT2D eigenvalue weighted by Gasteiger charge is 2.30. The molecule has 4 nitrogen and oxygen atoms in total. The van der Waals surface area contributed by atoms with Crippen LogP contribution in [-0.2, 0) is 0 Å². The van der Waals surface area contributed by atoms with E-state index in [4.69, 9.17) is 28.9 Å². The first kappa shape index (κ1) is 12.7. The molecule has 98 valence electrons. The summed E-state index contributed by atoms with van der Waals surface area (Å²) in [5.41, 5.74) is 6.91. The number of hydrogen-bond acceptors (Lipinski definition) is 5. The van der Waals surface area contributed by atoms with Gasteiger partial charge in [-0.05, 0) is 24.3 Å². The van der Waals surface area contributed by atoms with Gasteiger partial charge in [0.05, 0.1) is 12.7 Å². The zero-order chi connectivity index (χ0) is 13.4. The van der Waals surface area contributed by atoms with E-state index in [9.17, 15) is 0 Å². The van der Waals surface area contributed by atoms with E-state index in [1.54, 1.807) is 6.20 Å².